The Morgan fingerprint density at radius 3 is 2.27 bits per heavy atom. The second-order valence-electron chi connectivity index (χ2n) is 8.88. The molecule has 0 unspecified atom stereocenters. The number of amides is 1. The van der Waals surface area contributed by atoms with Crippen molar-refractivity contribution in [3.05, 3.63) is 65.7 Å². The Labute approximate surface area is 196 Å². The van der Waals surface area contributed by atoms with Crippen LogP contribution in [0.3, 0.4) is 0 Å². The van der Waals surface area contributed by atoms with E-state index < -0.39 is 10.0 Å². The first-order chi connectivity index (χ1) is 15.9. The molecule has 0 bridgehead atoms. The first-order valence-electron chi connectivity index (χ1n) is 11.7. The van der Waals surface area contributed by atoms with Gasteiger partial charge in [0.15, 0.2) is 0 Å². The lowest BCUT2D eigenvalue weighted by Crippen LogP contribution is -2.46. The third kappa shape index (κ3) is 6.00. The minimum absolute atomic E-state index is 0.00416. The molecular weight excluding hydrogens is 438 g/mol. The Hall–Kier alpha value is -2.26. The Bertz CT molecular complexity index is 1010. The highest BCUT2D eigenvalue weighted by Crippen LogP contribution is 2.25. The Balaban J connectivity index is 1.38. The van der Waals surface area contributed by atoms with E-state index in [-0.39, 0.29) is 17.9 Å². The molecule has 4 rings (SSSR count). The maximum atomic E-state index is 13.2. The molecule has 0 radical (unpaired) electrons. The average molecular weight is 472 g/mol. The summed E-state index contributed by atoms with van der Waals surface area (Å²) in [6.07, 6.45) is 1.05. The van der Waals surface area contributed by atoms with Crippen LogP contribution >= 0.6 is 0 Å². The molecule has 8 heteroatoms. The average Bonchev–Trinajstić information content (AvgIpc) is 2.85. The van der Waals surface area contributed by atoms with E-state index in [1.54, 1.807) is 12.1 Å². The minimum Gasteiger partial charge on any atom is -0.379 e. The Morgan fingerprint density at radius 1 is 1.00 bits per heavy atom. The van der Waals surface area contributed by atoms with E-state index >= 15 is 0 Å². The highest BCUT2D eigenvalue weighted by atomic mass is 32.2. The maximum Gasteiger partial charge on any atom is 0.243 e. The van der Waals surface area contributed by atoms with E-state index in [1.165, 1.54) is 4.31 Å². The van der Waals surface area contributed by atoms with Crippen molar-refractivity contribution in [1.82, 2.24) is 14.5 Å². The van der Waals surface area contributed by atoms with Crippen LogP contribution in [0, 0.1) is 12.8 Å². The molecule has 2 aromatic carbocycles. The van der Waals surface area contributed by atoms with Gasteiger partial charge in [0, 0.05) is 38.6 Å². The van der Waals surface area contributed by atoms with Crippen molar-refractivity contribution < 1.29 is 17.9 Å². The quantitative estimate of drug-likeness (QED) is 0.672. The zero-order valence-electron chi connectivity index (χ0n) is 19.2. The lowest BCUT2D eigenvalue weighted by Gasteiger charge is -2.34. The third-order valence-electron chi connectivity index (χ3n) is 6.55. The van der Waals surface area contributed by atoms with Crippen LogP contribution in [0.2, 0.25) is 0 Å². The molecule has 1 atom stereocenters. The van der Waals surface area contributed by atoms with E-state index in [9.17, 15) is 13.2 Å². The van der Waals surface area contributed by atoms with Crippen molar-refractivity contribution in [2.24, 2.45) is 5.92 Å². The summed E-state index contributed by atoms with van der Waals surface area (Å²) in [5.74, 6) is -0.185. The van der Waals surface area contributed by atoms with E-state index in [4.69, 9.17) is 4.74 Å². The van der Waals surface area contributed by atoms with Gasteiger partial charge in [0.1, 0.15) is 0 Å². The number of aryl methyl sites for hydroxylation is 1. The van der Waals surface area contributed by atoms with Gasteiger partial charge < -0.3 is 10.1 Å². The number of benzene rings is 2. The number of piperidine rings is 1. The summed E-state index contributed by atoms with van der Waals surface area (Å²) < 4.78 is 32.9. The summed E-state index contributed by atoms with van der Waals surface area (Å²) >= 11 is 0. The molecule has 2 aromatic rings. The number of carbonyl (C=O) groups excluding carboxylic acids is 1. The van der Waals surface area contributed by atoms with Gasteiger partial charge in [0.05, 0.1) is 24.2 Å². The van der Waals surface area contributed by atoms with Crippen molar-refractivity contribution in [2.75, 3.05) is 45.9 Å². The van der Waals surface area contributed by atoms with E-state index in [0.29, 0.717) is 44.0 Å². The SMILES string of the molecule is Cc1ccc(S(=O)(=O)N2CCC(C(=O)N[C@@H](CN3CCOCC3)c3ccccc3)CC2)cc1. The van der Waals surface area contributed by atoms with Gasteiger partial charge in [0.2, 0.25) is 15.9 Å². The molecule has 2 heterocycles. The molecule has 0 saturated carbocycles. The number of carbonyl (C=O) groups is 1. The molecule has 7 nitrogen and oxygen atoms in total. The van der Waals surface area contributed by atoms with Crippen LogP contribution in [-0.4, -0.2) is 69.5 Å². The van der Waals surface area contributed by atoms with Gasteiger partial charge in [-0.3, -0.25) is 9.69 Å². The van der Waals surface area contributed by atoms with Gasteiger partial charge in [0.25, 0.3) is 0 Å². The van der Waals surface area contributed by atoms with E-state index in [0.717, 1.165) is 30.8 Å². The van der Waals surface area contributed by atoms with Gasteiger partial charge in [-0.1, -0.05) is 48.0 Å². The molecule has 0 spiro atoms. The van der Waals surface area contributed by atoms with Crippen LogP contribution in [0.5, 0.6) is 0 Å². The minimum atomic E-state index is -3.53. The van der Waals surface area contributed by atoms with Crippen molar-refractivity contribution in [3.8, 4) is 0 Å². The molecule has 2 fully saturated rings. The highest BCUT2D eigenvalue weighted by Gasteiger charge is 2.33. The summed E-state index contributed by atoms with van der Waals surface area (Å²) in [5.41, 5.74) is 2.10. The summed E-state index contributed by atoms with van der Waals surface area (Å²) in [4.78, 5) is 15.8. The fourth-order valence-corrected chi connectivity index (χ4v) is 5.94. The van der Waals surface area contributed by atoms with Crippen LogP contribution in [0.4, 0.5) is 0 Å². The predicted molar refractivity (Wildman–Crippen MR) is 127 cm³/mol. The summed E-state index contributed by atoms with van der Waals surface area (Å²) in [7, 11) is -3.53. The lowest BCUT2D eigenvalue weighted by molar-refractivity contribution is -0.127. The fourth-order valence-electron chi connectivity index (χ4n) is 4.47. The number of hydrogen-bond acceptors (Lipinski definition) is 5. The molecule has 178 valence electrons. The van der Waals surface area contributed by atoms with Gasteiger partial charge in [-0.05, 0) is 37.5 Å². The number of hydrogen-bond donors (Lipinski definition) is 1. The largest absolute Gasteiger partial charge is 0.379 e. The second-order valence-corrected chi connectivity index (χ2v) is 10.8. The molecule has 1 N–H and O–H groups in total. The van der Waals surface area contributed by atoms with Crippen molar-refractivity contribution in [2.45, 2.75) is 30.7 Å². The predicted octanol–water partition coefficient (Wildman–Crippen LogP) is 2.59. The van der Waals surface area contributed by atoms with E-state index in [1.807, 2.05) is 49.4 Å². The van der Waals surface area contributed by atoms with Crippen molar-refractivity contribution in [3.63, 3.8) is 0 Å². The number of sulfonamides is 1. The van der Waals surface area contributed by atoms with Gasteiger partial charge in [-0.15, -0.1) is 0 Å². The Morgan fingerprint density at radius 2 is 1.64 bits per heavy atom. The summed E-state index contributed by atoms with van der Waals surface area (Å²) in [6, 6.07) is 16.9. The summed E-state index contributed by atoms with van der Waals surface area (Å²) in [6.45, 7) is 6.51. The number of nitrogens with zero attached hydrogens (tertiary/aromatic N) is 2. The van der Waals surface area contributed by atoms with Crippen LogP contribution < -0.4 is 5.32 Å². The zero-order chi connectivity index (χ0) is 23.3. The zero-order valence-corrected chi connectivity index (χ0v) is 20.0. The first kappa shape index (κ1) is 23.9. The molecule has 2 aliphatic heterocycles. The molecule has 0 aliphatic carbocycles. The normalized spacial score (nSPS) is 19.8. The standard InChI is InChI=1S/C25H33N3O4S/c1-20-7-9-23(10-8-20)33(30,31)28-13-11-22(12-14-28)25(29)26-24(21-5-3-2-4-6-21)19-27-15-17-32-18-16-27/h2-10,22,24H,11-19H2,1H3,(H,26,29)/t24-/m0/s1. The maximum absolute atomic E-state index is 13.2. The lowest BCUT2D eigenvalue weighted by atomic mass is 9.96. The number of ether oxygens (including phenoxy) is 1. The Kier molecular flexibility index (Phi) is 7.80. The molecular formula is C25H33N3O4S. The first-order valence-corrected chi connectivity index (χ1v) is 13.1. The third-order valence-corrected chi connectivity index (χ3v) is 8.46. The van der Waals surface area contributed by atoms with Crippen LogP contribution in [0.15, 0.2) is 59.5 Å². The van der Waals surface area contributed by atoms with Crippen LogP contribution in [-0.2, 0) is 19.6 Å². The summed E-state index contributed by atoms with van der Waals surface area (Å²) in [5, 5.41) is 3.25. The topological polar surface area (TPSA) is 79.0 Å². The van der Waals surface area contributed by atoms with Crippen molar-refractivity contribution >= 4 is 15.9 Å². The number of rotatable bonds is 7. The molecule has 2 aliphatic rings. The molecule has 33 heavy (non-hydrogen) atoms. The van der Waals surface area contributed by atoms with Gasteiger partial charge in [-0.2, -0.15) is 4.31 Å². The molecule has 1 amide bonds. The molecule has 2 saturated heterocycles. The van der Waals surface area contributed by atoms with E-state index in [2.05, 4.69) is 10.2 Å². The smallest absolute Gasteiger partial charge is 0.243 e. The van der Waals surface area contributed by atoms with Gasteiger partial charge >= 0.3 is 0 Å². The van der Waals surface area contributed by atoms with Crippen molar-refractivity contribution in [1.29, 1.82) is 0 Å². The monoisotopic (exact) mass is 471 g/mol. The number of nitrogens with one attached hydrogen (secondary N) is 1. The number of morpholine rings is 1. The highest BCUT2D eigenvalue weighted by molar-refractivity contribution is 7.89. The second kappa shape index (κ2) is 10.8. The van der Waals surface area contributed by atoms with Gasteiger partial charge in [-0.25, -0.2) is 8.42 Å². The fraction of sp³-hybridized carbons (Fsp3) is 0.480. The van der Waals surface area contributed by atoms with Crippen LogP contribution in [0.1, 0.15) is 30.0 Å². The molecule has 0 aromatic heterocycles. The van der Waals surface area contributed by atoms with Crippen LogP contribution in [0.25, 0.3) is 0 Å².